The van der Waals surface area contributed by atoms with Crippen LogP contribution in [0.15, 0.2) is 28.7 Å². The van der Waals surface area contributed by atoms with Gasteiger partial charge >= 0.3 is 5.97 Å². The maximum Gasteiger partial charge on any atom is 0.306 e. The summed E-state index contributed by atoms with van der Waals surface area (Å²) >= 11 is 3.50. The first-order valence-electron chi connectivity index (χ1n) is 8.31. The zero-order valence-corrected chi connectivity index (χ0v) is 14.6. The second-order valence-electron chi connectivity index (χ2n) is 6.82. The molecule has 0 bridgehead atoms. The average Bonchev–Trinajstić information content (AvgIpc) is 3.17. The van der Waals surface area contributed by atoms with Gasteiger partial charge in [-0.15, -0.1) is 0 Å². The van der Waals surface area contributed by atoms with Crippen LogP contribution in [0.2, 0.25) is 0 Å². The van der Waals surface area contributed by atoms with Crippen molar-refractivity contribution in [3.05, 3.63) is 34.3 Å². The van der Waals surface area contributed by atoms with E-state index >= 15 is 0 Å². The Hall–Kier alpha value is -1.36. The predicted octanol–water partition coefficient (Wildman–Crippen LogP) is 3.63. The van der Waals surface area contributed by atoms with E-state index in [0.717, 1.165) is 42.1 Å². The highest BCUT2D eigenvalue weighted by Crippen LogP contribution is 2.42. The lowest BCUT2D eigenvalue weighted by molar-refractivity contribution is -0.141. The van der Waals surface area contributed by atoms with Gasteiger partial charge < -0.3 is 10.4 Å². The third kappa shape index (κ3) is 3.30. The number of aliphatic carboxylic acids is 1. The number of amides is 1. The first-order chi connectivity index (χ1) is 11.0. The molecule has 1 aromatic carbocycles. The van der Waals surface area contributed by atoms with E-state index in [9.17, 15) is 9.59 Å². The minimum Gasteiger partial charge on any atom is -0.481 e. The van der Waals surface area contributed by atoms with Gasteiger partial charge in [-0.05, 0) is 49.8 Å². The number of rotatable bonds is 4. The summed E-state index contributed by atoms with van der Waals surface area (Å²) in [5, 5.41) is 12.3. The van der Waals surface area contributed by atoms with E-state index in [2.05, 4.69) is 21.2 Å². The molecule has 2 atom stereocenters. The van der Waals surface area contributed by atoms with Crippen molar-refractivity contribution in [2.45, 2.75) is 56.4 Å². The van der Waals surface area contributed by atoms with Gasteiger partial charge in [0.1, 0.15) is 0 Å². The van der Waals surface area contributed by atoms with Crippen LogP contribution in [0.3, 0.4) is 0 Å². The van der Waals surface area contributed by atoms with Gasteiger partial charge in [0.25, 0.3) is 0 Å². The number of halogens is 1. The molecule has 0 aromatic heterocycles. The summed E-state index contributed by atoms with van der Waals surface area (Å²) in [6.07, 6.45) is 5.82. The largest absolute Gasteiger partial charge is 0.481 e. The van der Waals surface area contributed by atoms with Crippen molar-refractivity contribution < 1.29 is 14.7 Å². The quantitative estimate of drug-likeness (QED) is 0.838. The van der Waals surface area contributed by atoms with Crippen LogP contribution in [0.1, 0.15) is 50.5 Å². The fourth-order valence-corrected chi connectivity index (χ4v) is 4.47. The standard InChI is InChI=1S/C18H22BrNO3/c19-14-5-3-4-13(11-14)18(8-1-2-9-18)17(23)20-15-7-6-12(10-15)16(21)22/h3-5,11-12,15H,1-2,6-10H2,(H,20,23)(H,21,22)/t12-,15+/m0/s1. The third-order valence-electron chi connectivity index (χ3n) is 5.39. The first kappa shape index (κ1) is 16.5. The van der Waals surface area contributed by atoms with E-state index in [1.807, 2.05) is 24.3 Å². The van der Waals surface area contributed by atoms with Crippen LogP contribution in [-0.4, -0.2) is 23.0 Å². The molecule has 1 aromatic rings. The third-order valence-corrected chi connectivity index (χ3v) is 5.88. The van der Waals surface area contributed by atoms with E-state index in [0.29, 0.717) is 12.8 Å². The Morgan fingerprint density at radius 2 is 1.96 bits per heavy atom. The van der Waals surface area contributed by atoms with Gasteiger partial charge in [0, 0.05) is 10.5 Å². The van der Waals surface area contributed by atoms with Crippen molar-refractivity contribution in [2.24, 2.45) is 5.92 Å². The molecule has 124 valence electrons. The minimum atomic E-state index is -0.746. The van der Waals surface area contributed by atoms with Crippen LogP contribution < -0.4 is 5.32 Å². The number of carbonyl (C=O) groups is 2. The van der Waals surface area contributed by atoms with Gasteiger partial charge in [-0.1, -0.05) is 40.9 Å². The Balaban J connectivity index is 1.76. The second kappa shape index (κ2) is 6.63. The molecule has 0 radical (unpaired) electrons. The van der Waals surface area contributed by atoms with Gasteiger partial charge in [-0.3, -0.25) is 9.59 Å². The average molecular weight is 380 g/mol. The highest BCUT2D eigenvalue weighted by Gasteiger charge is 2.44. The van der Waals surface area contributed by atoms with Gasteiger partial charge in [0.05, 0.1) is 11.3 Å². The molecule has 5 heteroatoms. The Morgan fingerprint density at radius 3 is 2.57 bits per heavy atom. The van der Waals surface area contributed by atoms with Crippen molar-refractivity contribution in [2.75, 3.05) is 0 Å². The molecular formula is C18H22BrNO3. The topological polar surface area (TPSA) is 66.4 Å². The number of carboxylic acid groups (broad SMARTS) is 1. The monoisotopic (exact) mass is 379 g/mol. The van der Waals surface area contributed by atoms with Gasteiger partial charge in [-0.2, -0.15) is 0 Å². The number of nitrogens with one attached hydrogen (secondary N) is 1. The molecule has 3 rings (SSSR count). The van der Waals surface area contributed by atoms with Gasteiger partial charge in [-0.25, -0.2) is 0 Å². The summed E-state index contributed by atoms with van der Waals surface area (Å²) in [4.78, 5) is 24.1. The number of hydrogen-bond donors (Lipinski definition) is 2. The molecule has 1 amide bonds. The zero-order chi connectivity index (χ0) is 16.4. The van der Waals surface area contributed by atoms with Gasteiger partial charge in [0.2, 0.25) is 5.91 Å². The molecule has 4 nitrogen and oxygen atoms in total. The summed E-state index contributed by atoms with van der Waals surface area (Å²) < 4.78 is 0.987. The van der Waals surface area contributed by atoms with Crippen molar-refractivity contribution >= 4 is 27.8 Å². The first-order valence-corrected chi connectivity index (χ1v) is 9.10. The minimum absolute atomic E-state index is 0.00627. The van der Waals surface area contributed by atoms with Crippen LogP contribution in [0.5, 0.6) is 0 Å². The van der Waals surface area contributed by atoms with Crippen molar-refractivity contribution in [1.29, 1.82) is 0 Å². The maximum atomic E-state index is 13.0. The number of carboxylic acids is 1. The van der Waals surface area contributed by atoms with Crippen molar-refractivity contribution in [3.63, 3.8) is 0 Å². The molecule has 0 spiro atoms. The molecule has 0 aliphatic heterocycles. The van der Waals surface area contributed by atoms with E-state index in [-0.39, 0.29) is 17.9 Å². The summed E-state index contributed by atoms with van der Waals surface area (Å²) in [5.74, 6) is -0.987. The van der Waals surface area contributed by atoms with E-state index < -0.39 is 11.4 Å². The summed E-state index contributed by atoms with van der Waals surface area (Å²) in [5.41, 5.74) is 0.611. The molecule has 2 aliphatic carbocycles. The Kier molecular flexibility index (Phi) is 4.76. The highest BCUT2D eigenvalue weighted by molar-refractivity contribution is 9.10. The lowest BCUT2D eigenvalue weighted by Crippen LogP contribution is -2.46. The molecule has 2 saturated carbocycles. The van der Waals surface area contributed by atoms with Crippen molar-refractivity contribution in [3.8, 4) is 0 Å². The molecule has 2 aliphatic rings. The molecular weight excluding hydrogens is 358 g/mol. The fraction of sp³-hybridized carbons (Fsp3) is 0.556. The molecule has 0 saturated heterocycles. The summed E-state index contributed by atoms with van der Waals surface area (Å²) in [6, 6.07) is 8.01. The fourth-order valence-electron chi connectivity index (χ4n) is 4.07. The van der Waals surface area contributed by atoms with Crippen LogP contribution in [0.4, 0.5) is 0 Å². The van der Waals surface area contributed by atoms with Crippen LogP contribution >= 0.6 is 15.9 Å². The number of benzene rings is 1. The lowest BCUT2D eigenvalue weighted by Gasteiger charge is -2.30. The Morgan fingerprint density at radius 1 is 1.22 bits per heavy atom. The van der Waals surface area contributed by atoms with Gasteiger partial charge in [0.15, 0.2) is 0 Å². The normalized spacial score (nSPS) is 26.1. The molecule has 23 heavy (non-hydrogen) atoms. The molecule has 0 heterocycles. The van der Waals surface area contributed by atoms with Crippen molar-refractivity contribution in [1.82, 2.24) is 5.32 Å². The van der Waals surface area contributed by atoms with E-state index in [4.69, 9.17) is 5.11 Å². The maximum absolute atomic E-state index is 13.0. The van der Waals surface area contributed by atoms with Crippen LogP contribution in [0, 0.1) is 5.92 Å². The molecule has 2 N–H and O–H groups in total. The summed E-state index contributed by atoms with van der Waals surface area (Å²) in [6.45, 7) is 0. The molecule has 0 unspecified atom stereocenters. The SMILES string of the molecule is O=C(O)[C@H]1CC[C@@H](NC(=O)C2(c3cccc(Br)c3)CCCC2)C1. The zero-order valence-electron chi connectivity index (χ0n) is 13.1. The molecule has 2 fully saturated rings. The highest BCUT2D eigenvalue weighted by atomic mass is 79.9. The Labute approximate surface area is 144 Å². The van der Waals surface area contributed by atoms with E-state index in [1.165, 1.54) is 0 Å². The Bertz CT molecular complexity index is 610. The number of hydrogen-bond acceptors (Lipinski definition) is 2. The lowest BCUT2D eigenvalue weighted by atomic mass is 9.78. The smallest absolute Gasteiger partial charge is 0.306 e. The van der Waals surface area contributed by atoms with Crippen LogP contribution in [0.25, 0.3) is 0 Å². The second-order valence-corrected chi connectivity index (χ2v) is 7.73. The predicted molar refractivity (Wildman–Crippen MR) is 91.2 cm³/mol. The van der Waals surface area contributed by atoms with E-state index in [1.54, 1.807) is 0 Å². The number of carbonyl (C=O) groups excluding carboxylic acids is 1. The van der Waals surface area contributed by atoms with Crippen LogP contribution in [-0.2, 0) is 15.0 Å². The summed E-state index contributed by atoms with van der Waals surface area (Å²) in [7, 11) is 0.